The Bertz CT molecular complexity index is 1070. The summed E-state index contributed by atoms with van der Waals surface area (Å²) < 4.78 is 15.5. The van der Waals surface area contributed by atoms with Crippen molar-refractivity contribution in [1.29, 1.82) is 0 Å². The number of ether oxygens (including phenoxy) is 2. The molecule has 1 aromatic carbocycles. The van der Waals surface area contributed by atoms with Gasteiger partial charge in [-0.15, -0.1) is 5.10 Å². The molecule has 3 heterocycles. The minimum Gasteiger partial charge on any atom is -0.497 e. The summed E-state index contributed by atoms with van der Waals surface area (Å²) in [5.74, 6) is 2.34. The molecule has 0 aliphatic carbocycles. The van der Waals surface area contributed by atoms with Crippen molar-refractivity contribution in [3.05, 3.63) is 46.0 Å². The number of aromatic nitrogens is 4. The first kappa shape index (κ1) is 18.9. The molecular formula is C20H26N5O2S+. The van der Waals surface area contributed by atoms with Crippen molar-refractivity contribution in [3.8, 4) is 11.5 Å². The Hall–Kier alpha value is -2.45. The van der Waals surface area contributed by atoms with Crippen LogP contribution in [-0.2, 0) is 6.67 Å². The monoisotopic (exact) mass is 400 g/mol. The molecule has 148 valence electrons. The highest BCUT2D eigenvalue weighted by Gasteiger charge is 2.33. The fourth-order valence-corrected chi connectivity index (χ4v) is 4.54. The van der Waals surface area contributed by atoms with Gasteiger partial charge in [0, 0.05) is 30.3 Å². The van der Waals surface area contributed by atoms with Gasteiger partial charge in [0.15, 0.2) is 6.67 Å². The third kappa shape index (κ3) is 3.27. The van der Waals surface area contributed by atoms with Crippen LogP contribution in [0.15, 0.2) is 24.3 Å². The van der Waals surface area contributed by atoms with Crippen LogP contribution in [0.25, 0.3) is 5.78 Å². The molecule has 3 aromatic rings. The van der Waals surface area contributed by atoms with Gasteiger partial charge in [-0.1, -0.05) is 0 Å². The average Bonchev–Trinajstić information content (AvgIpc) is 3.26. The SMILES string of the molecule is COc1ccc([C@@H]2CCC[NH+]2Cn2nc3nc(C)cc(C)n3c2=S)c(OC)c1. The first-order chi connectivity index (χ1) is 13.5. The summed E-state index contributed by atoms with van der Waals surface area (Å²) >= 11 is 5.70. The quantitative estimate of drug-likeness (QED) is 0.666. The summed E-state index contributed by atoms with van der Waals surface area (Å²) in [5.41, 5.74) is 3.21. The Labute approximate surface area is 169 Å². The summed E-state index contributed by atoms with van der Waals surface area (Å²) in [4.78, 5) is 5.97. The van der Waals surface area contributed by atoms with Crippen LogP contribution >= 0.6 is 12.2 Å². The molecule has 0 saturated carbocycles. The van der Waals surface area contributed by atoms with E-state index in [-0.39, 0.29) is 0 Å². The van der Waals surface area contributed by atoms with Gasteiger partial charge in [-0.2, -0.15) is 4.68 Å². The van der Waals surface area contributed by atoms with Gasteiger partial charge in [0.2, 0.25) is 4.77 Å². The zero-order valence-corrected chi connectivity index (χ0v) is 17.5. The van der Waals surface area contributed by atoms with Gasteiger partial charge in [0.05, 0.1) is 26.3 Å². The minimum atomic E-state index is 0.336. The molecule has 1 aliphatic rings. The van der Waals surface area contributed by atoms with Crippen molar-refractivity contribution >= 4 is 18.0 Å². The summed E-state index contributed by atoms with van der Waals surface area (Å²) in [5, 5.41) is 4.69. The lowest BCUT2D eigenvalue weighted by Crippen LogP contribution is -3.09. The summed E-state index contributed by atoms with van der Waals surface area (Å²) in [6.45, 7) is 5.80. The number of methoxy groups -OCH3 is 2. The lowest BCUT2D eigenvalue weighted by molar-refractivity contribution is -0.941. The maximum Gasteiger partial charge on any atom is 0.254 e. The maximum absolute atomic E-state index is 5.70. The van der Waals surface area contributed by atoms with Crippen molar-refractivity contribution < 1.29 is 14.4 Å². The first-order valence-electron chi connectivity index (χ1n) is 9.52. The molecule has 1 aliphatic heterocycles. The Morgan fingerprint density at radius 2 is 2.04 bits per heavy atom. The lowest BCUT2D eigenvalue weighted by Gasteiger charge is -2.23. The molecule has 0 spiro atoms. The van der Waals surface area contributed by atoms with Crippen molar-refractivity contribution in [2.75, 3.05) is 20.8 Å². The second-order valence-electron chi connectivity index (χ2n) is 7.33. The number of fused-ring (bicyclic) bond motifs is 1. The van der Waals surface area contributed by atoms with Crippen molar-refractivity contribution in [2.24, 2.45) is 0 Å². The molecule has 28 heavy (non-hydrogen) atoms. The van der Waals surface area contributed by atoms with Gasteiger partial charge < -0.3 is 14.4 Å². The minimum absolute atomic E-state index is 0.336. The molecule has 8 heteroatoms. The third-order valence-corrected chi connectivity index (χ3v) is 5.91. The maximum atomic E-state index is 5.70. The molecule has 0 amide bonds. The van der Waals surface area contributed by atoms with E-state index < -0.39 is 0 Å². The number of quaternary nitrogens is 1. The van der Waals surface area contributed by atoms with Gasteiger partial charge in [-0.3, -0.25) is 4.40 Å². The molecule has 0 bridgehead atoms. The van der Waals surface area contributed by atoms with Crippen molar-refractivity contribution in [1.82, 2.24) is 19.2 Å². The third-order valence-electron chi connectivity index (χ3n) is 5.52. The average molecular weight is 401 g/mol. The van der Waals surface area contributed by atoms with E-state index in [1.54, 1.807) is 14.2 Å². The molecule has 1 unspecified atom stereocenters. The highest BCUT2D eigenvalue weighted by molar-refractivity contribution is 7.71. The van der Waals surface area contributed by atoms with Crippen LogP contribution in [0.2, 0.25) is 0 Å². The van der Waals surface area contributed by atoms with Crippen LogP contribution in [0, 0.1) is 18.6 Å². The standard InChI is InChI=1S/C20H25N5O2S/c1-13-10-14(2)25-19(21-13)22-24(20(25)28)12-23-9-5-6-17(23)16-8-7-15(26-3)11-18(16)27-4/h7-8,10-11,17H,5-6,9,12H2,1-4H3/p+1/t17-/m0/s1. The number of benzene rings is 1. The molecule has 2 aromatic heterocycles. The van der Waals surface area contributed by atoms with Crippen LogP contribution in [-0.4, -0.2) is 39.9 Å². The second kappa shape index (κ2) is 7.52. The van der Waals surface area contributed by atoms with Crippen LogP contribution in [0.4, 0.5) is 0 Å². The normalized spacial score (nSPS) is 19.3. The molecule has 0 radical (unpaired) electrons. The number of hydrogen-bond acceptors (Lipinski definition) is 5. The van der Waals surface area contributed by atoms with Gasteiger partial charge in [-0.05, 0) is 44.3 Å². The van der Waals surface area contributed by atoms with Crippen LogP contribution in [0.3, 0.4) is 0 Å². The number of nitrogens with one attached hydrogen (secondary N) is 1. The summed E-state index contributed by atoms with van der Waals surface area (Å²) in [6.07, 6.45) is 2.27. The highest BCUT2D eigenvalue weighted by Crippen LogP contribution is 2.31. The Morgan fingerprint density at radius 3 is 2.79 bits per heavy atom. The second-order valence-corrected chi connectivity index (χ2v) is 7.69. The Morgan fingerprint density at radius 1 is 1.21 bits per heavy atom. The fourth-order valence-electron chi connectivity index (χ4n) is 4.21. The van der Waals surface area contributed by atoms with E-state index in [2.05, 4.69) is 16.1 Å². The largest absolute Gasteiger partial charge is 0.497 e. The van der Waals surface area contributed by atoms with Gasteiger partial charge in [-0.25, -0.2) is 4.98 Å². The highest BCUT2D eigenvalue weighted by atomic mass is 32.1. The predicted octanol–water partition coefficient (Wildman–Crippen LogP) is 2.27. The Kier molecular flexibility index (Phi) is 5.07. The molecule has 1 saturated heterocycles. The number of likely N-dealkylation sites (tertiary alicyclic amines) is 1. The predicted molar refractivity (Wildman–Crippen MR) is 109 cm³/mol. The van der Waals surface area contributed by atoms with Gasteiger partial charge >= 0.3 is 0 Å². The van der Waals surface area contributed by atoms with E-state index in [0.29, 0.717) is 23.3 Å². The molecule has 1 N–H and O–H groups in total. The van der Waals surface area contributed by atoms with Crippen LogP contribution < -0.4 is 14.4 Å². The van der Waals surface area contributed by atoms with Crippen LogP contribution in [0.1, 0.15) is 35.8 Å². The van der Waals surface area contributed by atoms with Crippen molar-refractivity contribution in [3.63, 3.8) is 0 Å². The zero-order valence-electron chi connectivity index (χ0n) is 16.7. The van der Waals surface area contributed by atoms with E-state index >= 15 is 0 Å². The molecule has 7 nitrogen and oxygen atoms in total. The lowest BCUT2D eigenvalue weighted by atomic mass is 10.0. The number of hydrogen-bond donors (Lipinski definition) is 1. The molecule has 4 rings (SSSR count). The smallest absolute Gasteiger partial charge is 0.254 e. The van der Waals surface area contributed by atoms with Gasteiger partial charge in [0.1, 0.15) is 17.5 Å². The van der Waals surface area contributed by atoms with E-state index in [4.69, 9.17) is 21.7 Å². The summed E-state index contributed by atoms with van der Waals surface area (Å²) in [7, 11) is 3.38. The van der Waals surface area contributed by atoms with E-state index in [1.165, 1.54) is 10.5 Å². The van der Waals surface area contributed by atoms with Crippen LogP contribution in [0.5, 0.6) is 11.5 Å². The molecule has 2 atom stereocenters. The number of rotatable bonds is 5. The topological polar surface area (TPSA) is 58.0 Å². The van der Waals surface area contributed by atoms with E-state index in [1.807, 2.05) is 41.1 Å². The fraction of sp³-hybridized carbons (Fsp3) is 0.450. The van der Waals surface area contributed by atoms with E-state index in [0.717, 1.165) is 42.3 Å². The molecular weight excluding hydrogens is 374 g/mol. The molecule has 1 fully saturated rings. The van der Waals surface area contributed by atoms with Crippen molar-refractivity contribution in [2.45, 2.75) is 39.4 Å². The summed E-state index contributed by atoms with van der Waals surface area (Å²) in [6, 6.07) is 8.44. The van der Waals surface area contributed by atoms with Gasteiger partial charge in [0.25, 0.3) is 5.78 Å². The first-order valence-corrected chi connectivity index (χ1v) is 9.93. The number of nitrogens with zero attached hydrogens (tertiary/aromatic N) is 4. The van der Waals surface area contributed by atoms with E-state index in [9.17, 15) is 0 Å². The number of aryl methyl sites for hydroxylation is 2. The zero-order chi connectivity index (χ0) is 19.8. The Balaban J connectivity index is 1.67.